The van der Waals surface area contributed by atoms with Crippen LogP contribution in [0.25, 0.3) is 5.73 Å². The van der Waals surface area contributed by atoms with Crippen molar-refractivity contribution in [2.45, 2.75) is 6.42 Å². The fourth-order valence-electron chi connectivity index (χ4n) is 1.63. The molecule has 1 amide bonds. The summed E-state index contributed by atoms with van der Waals surface area (Å²) in [5, 5.41) is 12.1. The van der Waals surface area contributed by atoms with Crippen LogP contribution in [0.5, 0.6) is 5.75 Å². The van der Waals surface area contributed by atoms with Gasteiger partial charge in [0.15, 0.2) is 0 Å². The van der Waals surface area contributed by atoms with Crippen LogP contribution in [0.2, 0.25) is 0 Å². The number of hydrogen-bond donors (Lipinski definition) is 3. The van der Waals surface area contributed by atoms with Gasteiger partial charge >= 0.3 is 0 Å². The van der Waals surface area contributed by atoms with E-state index in [0.717, 1.165) is 5.56 Å². The second-order valence-electron chi connectivity index (χ2n) is 4.16. The number of phenolic OH excluding ortho intramolecular Hbond substituents is 1. The third-order valence-electron chi connectivity index (χ3n) is 2.69. The Labute approximate surface area is 155 Å². The number of aromatic nitrogens is 2. The molecule has 0 bridgehead atoms. The van der Waals surface area contributed by atoms with Crippen molar-refractivity contribution >= 4 is 26.1 Å². The summed E-state index contributed by atoms with van der Waals surface area (Å²) < 4.78 is 0. The third kappa shape index (κ3) is 5.61. The van der Waals surface area contributed by atoms with Gasteiger partial charge < -0.3 is 26.9 Å². The molecule has 7 nitrogen and oxygen atoms in total. The van der Waals surface area contributed by atoms with Crippen LogP contribution in [-0.2, 0) is 39.1 Å². The van der Waals surface area contributed by atoms with Crippen LogP contribution in [0.4, 0.5) is 11.8 Å². The van der Waals surface area contributed by atoms with E-state index in [0.29, 0.717) is 13.0 Å². The molecule has 5 N–H and O–H groups in total. The zero-order chi connectivity index (χ0) is 14.5. The van der Waals surface area contributed by atoms with Gasteiger partial charge in [-0.2, -0.15) is 0 Å². The maximum Gasteiger partial charge on any atom is 0.250 e. The SMILES string of the molecule is [B].[NH-]c1nc(NCCc2ccc(O)cc2)ncc1C(N)=O.[Y]. The number of amides is 1. The largest absolute Gasteiger partial charge is 0.508 e. The molecule has 0 aliphatic heterocycles. The van der Waals surface area contributed by atoms with Crippen LogP contribution in [0.1, 0.15) is 15.9 Å². The van der Waals surface area contributed by atoms with Gasteiger partial charge in [0.2, 0.25) is 5.91 Å². The van der Waals surface area contributed by atoms with Gasteiger partial charge in [-0.25, -0.2) is 4.98 Å². The molecule has 22 heavy (non-hydrogen) atoms. The predicted molar refractivity (Wildman–Crippen MR) is 80.6 cm³/mol. The van der Waals surface area contributed by atoms with Crippen LogP contribution < -0.4 is 11.1 Å². The minimum Gasteiger partial charge on any atom is -0.508 e. The minimum atomic E-state index is -0.717. The molecule has 0 unspecified atom stereocenters. The Hall–Kier alpha value is -1.66. The third-order valence-corrected chi connectivity index (χ3v) is 2.69. The summed E-state index contributed by atoms with van der Waals surface area (Å²) in [6, 6.07) is 6.89. The zero-order valence-corrected chi connectivity index (χ0v) is 14.6. The maximum atomic E-state index is 10.9. The second kappa shape index (κ2) is 9.38. The summed E-state index contributed by atoms with van der Waals surface area (Å²) >= 11 is 0. The Morgan fingerprint density at radius 2 is 1.95 bits per heavy atom. The predicted octanol–water partition coefficient (Wildman–Crippen LogP) is 1.24. The monoisotopic (exact) mass is 372 g/mol. The number of rotatable bonds is 5. The van der Waals surface area contributed by atoms with E-state index in [4.69, 9.17) is 16.6 Å². The number of carbonyl (C=O) groups is 1. The first-order valence-corrected chi connectivity index (χ1v) is 5.96. The molecule has 1 aromatic carbocycles. The molecule has 1 heterocycles. The van der Waals surface area contributed by atoms with Gasteiger partial charge in [0, 0.05) is 53.9 Å². The average molecular weight is 372 g/mol. The fraction of sp³-hybridized carbons (Fsp3) is 0.154. The van der Waals surface area contributed by atoms with Gasteiger partial charge in [-0.05, 0) is 29.9 Å². The molecule has 9 heteroatoms. The fourth-order valence-corrected chi connectivity index (χ4v) is 1.63. The van der Waals surface area contributed by atoms with Crippen molar-refractivity contribution in [3.05, 3.63) is 47.3 Å². The minimum absolute atomic E-state index is 0. The molecular weight excluding hydrogens is 358 g/mol. The Kier molecular flexibility index (Phi) is 8.67. The number of primary amides is 1. The van der Waals surface area contributed by atoms with Crippen molar-refractivity contribution in [2.75, 3.05) is 11.9 Å². The van der Waals surface area contributed by atoms with E-state index < -0.39 is 5.91 Å². The molecule has 0 spiro atoms. The number of phenols is 1. The van der Waals surface area contributed by atoms with Gasteiger partial charge in [-0.3, -0.25) is 4.79 Å². The molecule has 4 radical (unpaired) electrons. The molecular formula is C13H14BN5O2Y-. The van der Waals surface area contributed by atoms with E-state index >= 15 is 0 Å². The van der Waals surface area contributed by atoms with Crippen LogP contribution >= 0.6 is 0 Å². The molecule has 2 rings (SSSR count). The molecule has 0 aliphatic rings. The second-order valence-corrected chi connectivity index (χ2v) is 4.16. The van der Waals surface area contributed by atoms with E-state index in [9.17, 15) is 4.79 Å². The topological polar surface area (TPSA) is 125 Å². The van der Waals surface area contributed by atoms with Crippen molar-refractivity contribution in [3.8, 4) is 5.75 Å². The number of nitrogens with two attached hydrogens (primary N) is 1. The van der Waals surface area contributed by atoms with E-state index in [1.165, 1.54) is 6.20 Å². The van der Waals surface area contributed by atoms with Gasteiger partial charge in [-0.15, -0.1) is 0 Å². The van der Waals surface area contributed by atoms with Crippen LogP contribution in [0, 0.1) is 0 Å². The van der Waals surface area contributed by atoms with Crippen molar-refractivity contribution < 1.29 is 42.6 Å². The summed E-state index contributed by atoms with van der Waals surface area (Å²) in [7, 11) is 0. The summed E-state index contributed by atoms with van der Waals surface area (Å²) in [5.74, 6) is -0.407. The van der Waals surface area contributed by atoms with E-state index in [1.54, 1.807) is 12.1 Å². The molecule has 0 atom stereocenters. The molecule has 0 saturated carbocycles. The Balaban J connectivity index is 0.00000220. The first-order chi connectivity index (χ1) is 9.56. The number of nitrogens with one attached hydrogen (secondary N) is 2. The number of nitrogens with zero attached hydrogens (tertiary/aromatic N) is 2. The van der Waals surface area contributed by atoms with Gasteiger partial charge in [0.05, 0.1) is 5.56 Å². The molecule has 1 aromatic heterocycles. The average Bonchev–Trinajstić information content (AvgIpc) is 2.41. The number of anilines is 1. The quantitative estimate of drug-likeness (QED) is 0.681. The zero-order valence-electron chi connectivity index (χ0n) is 11.8. The Bertz CT molecular complexity index is 624. The first kappa shape index (κ1) is 20.3. The van der Waals surface area contributed by atoms with Gasteiger partial charge in [-0.1, -0.05) is 12.1 Å². The number of aromatic hydroxyl groups is 1. The Morgan fingerprint density at radius 1 is 1.32 bits per heavy atom. The normalized spacial score (nSPS) is 9.27. The van der Waals surface area contributed by atoms with Crippen LogP contribution in [-0.4, -0.2) is 35.9 Å². The number of hydrogen-bond acceptors (Lipinski definition) is 5. The van der Waals surface area contributed by atoms with Crippen LogP contribution in [0.15, 0.2) is 30.5 Å². The summed E-state index contributed by atoms with van der Waals surface area (Å²) in [5.41, 5.74) is 13.7. The maximum absolute atomic E-state index is 10.9. The smallest absolute Gasteiger partial charge is 0.250 e. The standard InChI is InChI=1S/C13H15N5O2.B.Y/c14-11-10(12(15)20)7-17-13(18-11)16-6-5-8-1-3-9(19)4-2-8;;/h1-4,7H,5-6H2,(H6,14,15,16,17,18,19,20);;/p-1. The van der Waals surface area contributed by atoms with Crippen molar-refractivity contribution in [1.82, 2.24) is 9.97 Å². The van der Waals surface area contributed by atoms with E-state index in [-0.39, 0.29) is 64.2 Å². The molecule has 0 aliphatic carbocycles. The summed E-state index contributed by atoms with van der Waals surface area (Å²) in [4.78, 5) is 18.7. The summed E-state index contributed by atoms with van der Waals surface area (Å²) in [6.07, 6.45) is 1.95. The molecule has 2 aromatic rings. The van der Waals surface area contributed by atoms with Crippen molar-refractivity contribution in [2.24, 2.45) is 5.73 Å². The number of benzene rings is 1. The summed E-state index contributed by atoms with van der Waals surface area (Å²) in [6.45, 7) is 0.570. The van der Waals surface area contributed by atoms with Crippen molar-refractivity contribution in [1.29, 1.82) is 0 Å². The molecule has 110 valence electrons. The van der Waals surface area contributed by atoms with Crippen molar-refractivity contribution in [3.63, 3.8) is 0 Å². The van der Waals surface area contributed by atoms with E-state index in [2.05, 4.69) is 15.3 Å². The van der Waals surface area contributed by atoms with E-state index in [1.807, 2.05) is 12.1 Å². The van der Waals surface area contributed by atoms with Crippen LogP contribution in [0.3, 0.4) is 0 Å². The van der Waals surface area contributed by atoms with Gasteiger partial charge in [0.1, 0.15) is 11.7 Å². The Morgan fingerprint density at radius 3 is 2.50 bits per heavy atom. The van der Waals surface area contributed by atoms with Gasteiger partial charge in [0.25, 0.3) is 0 Å². The number of carbonyl (C=O) groups excluding carboxylic acids is 1. The first-order valence-electron chi connectivity index (χ1n) is 5.96. The molecule has 0 fully saturated rings. The molecule has 0 saturated heterocycles.